The minimum Gasteiger partial charge on any atom is -0.481 e. The zero-order chi connectivity index (χ0) is 20.4. The van der Waals surface area contributed by atoms with Crippen LogP contribution in [0.3, 0.4) is 0 Å². The number of nitrogens with zero attached hydrogens (tertiary/aromatic N) is 4. The Balaban J connectivity index is 1.68. The third kappa shape index (κ3) is 4.17. The van der Waals surface area contributed by atoms with Crippen molar-refractivity contribution >= 4 is 44.6 Å². The van der Waals surface area contributed by atoms with Gasteiger partial charge in [0, 0.05) is 29.7 Å². The molecular weight excluding hydrogens is 436 g/mol. The zero-order valence-corrected chi connectivity index (χ0v) is 16.9. The molecule has 1 N–H and O–H groups in total. The summed E-state index contributed by atoms with van der Waals surface area (Å²) >= 11 is 3.42. The molecule has 7 nitrogen and oxygen atoms in total. The molecule has 0 radical (unpaired) electrons. The van der Waals surface area contributed by atoms with E-state index in [9.17, 15) is 9.59 Å². The quantitative estimate of drug-likeness (QED) is 0.632. The molecule has 2 heterocycles. The van der Waals surface area contributed by atoms with Crippen molar-refractivity contribution in [2.75, 3.05) is 0 Å². The molecule has 0 saturated heterocycles. The summed E-state index contributed by atoms with van der Waals surface area (Å²) in [6, 6.07) is 13.1. The molecule has 1 amide bonds. The summed E-state index contributed by atoms with van der Waals surface area (Å²) in [4.78, 5) is 32.3. The number of carboxylic acids is 1. The number of hydrazone groups is 1. The van der Waals surface area contributed by atoms with Crippen LogP contribution >= 0.6 is 15.9 Å². The molecule has 4 rings (SSSR count). The van der Waals surface area contributed by atoms with Crippen LogP contribution in [-0.4, -0.2) is 37.7 Å². The van der Waals surface area contributed by atoms with Crippen LogP contribution in [0.1, 0.15) is 36.4 Å². The van der Waals surface area contributed by atoms with Crippen LogP contribution in [0.5, 0.6) is 0 Å². The maximum atomic E-state index is 12.7. The van der Waals surface area contributed by atoms with E-state index in [4.69, 9.17) is 5.11 Å². The van der Waals surface area contributed by atoms with Gasteiger partial charge in [0.05, 0.1) is 29.2 Å². The fourth-order valence-electron chi connectivity index (χ4n) is 3.33. The molecule has 29 heavy (non-hydrogen) atoms. The minimum absolute atomic E-state index is 0.101. The maximum Gasteiger partial charge on any atom is 0.303 e. The SMILES string of the molecule is O=C(O)CCC(=O)N1N=C(c2ccc(Br)cc2)C[C@@H]1c1ccc2nccnc2c1. The third-order valence-electron chi connectivity index (χ3n) is 4.77. The largest absolute Gasteiger partial charge is 0.481 e. The van der Waals surface area contributed by atoms with Gasteiger partial charge in [-0.2, -0.15) is 5.10 Å². The van der Waals surface area contributed by atoms with Gasteiger partial charge in [-0.3, -0.25) is 19.6 Å². The average molecular weight is 453 g/mol. The van der Waals surface area contributed by atoms with Gasteiger partial charge in [-0.25, -0.2) is 5.01 Å². The third-order valence-corrected chi connectivity index (χ3v) is 5.30. The Morgan fingerprint density at radius 3 is 2.48 bits per heavy atom. The molecule has 0 saturated carbocycles. The van der Waals surface area contributed by atoms with Gasteiger partial charge < -0.3 is 5.11 Å². The van der Waals surface area contributed by atoms with Gasteiger partial charge in [0.2, 0.25) is 5.91 Å². The van der Waals surface area contributed by atoms with Crippen molar-refractivity contribution in [3.05, 3.63) is 70.5 Å². The number of amides is 1. The Labute approximate surface area is 175 Å². The van der Waals surface area contributed by atoms with E-state index in [0.29, 0.717) is 6.42 Å². The molecule has 0 aliphatic carbocycles. The van der Waals surface area contributed by atoms with Crippen LogP contribution in [0.4, 0.5) is 0 Å². The Morgan fingerprint density at radius 1 is 1.03 bits per heavy atom. The number of rotatable bonds is 5. The van der Waals surface area contributed by atoms with E-state index in [1.807, 2.05) is 42.5 Å². The van der Waals surface area contributed by atoms with Crippen molar-refractivity contribution in [3.63, 3.8) is 0 Å². The van der Waals surface area contributed by atoms with E-state index in [0.717, 1.165) is 32.3 Å². The van der Waals surface area contributed by atoms with Crippen molar-refractivity contribution in [1.82, 2.24) is 15.0 Å². The summed E-state index contributed by atoms with van der Waals surface area (Å²) in [7, 11) is 0. The van der Waals surface area contributed by atoms with E-state index >= 15 is 0 Å². The molecule has 146 valence electrons. The molecule has 0 unspecified atom stereocenters. The summed E-state index contributed by atoms with van der Waals surface area (Å²) < 4.78 is 0.957. The average Bonchev–Trinajstić information content (AvgIpc) is 3.17. The standard InChI is InChI=1S/C21H17BrN4O3/c22-15-4-1-13(2-5-15)17-12-19(26(25-17)20(27)7-8-21(28)29)14-3-6-16-18(11-14)24-10-9-23-16/h1-6,9-11,19H,7-8,12H2,(H,28,29)/t19-/m1/s1. The fourth-order valence-corrected chi connectivity index (χ4v) is 3.60. The second-order valence-corrected chi connectivity index (χ2v) is 7.63. The topological polar surface area (TPSA) is 95.8 Å². The molecule has 0 fully saturated rings. The van der Waals surface area contributed by atoms with Gasteiger partial charge in [0.1, 0.15) is 0 Å². The lowest BCUT2D eigenvalue weighted by Gasteiger charge is -2.22. The molecule has 1 aromatic heterocycles. The highest BCUT2D eigenvalue weighted by Gasteiger charge is 2.33. The van der Waals surface area contributed by atoms with Crippen LogP contribution in [-0.2, 0) is 9.59 Å². The number of aromatic nitrogens is 2. The Hall–Kier alpha value is -3.13. The molecule has 1 atom stereocenters. The summed E-state index contributed by atoms with van der Waals surface area (Å²) in [5, 5.41) is 14.9. The number of carbonyl (C=O) groups excluding carboxylic acids is 1. The molecule has 1 aliphatic rings. The molecule has 2 aromatic carbocycles. The van der Waals surface area contributed by atoms with Crippen molar-refractivity contribution in [3.8, 4) is 0 Å². The maximum absolute atomic E-state index is 12.7. The number of fused-ring (bicyclic) bond motifs is 1. The first kappa shape index (κ1) is 19.2. The van der Waals surface area contributed by atoms with Gasteiger partial charge >= 0.3 is 5.97 Å². The number of carboxylic acid groups (broad SMARTS) is 1. The number of carbonyl (C=O) groups is 2. The highest BCUT2D eigenvalue weighted by atomic mass is 79.9. The summed E-state index contributed by atoms with van der Waals surface area (Å²) in [5.41, 5.74) is 4.10. The second-order valence-electron chi connectivity index (χ2n) is 6.71. The Morgan fingerprint density at radius 2 is 1.76 bits per heavy atom. The molecule has 0 bridgehead atoms. The van der Waals surface area contributed by atoms with Crippen molar-refractivity contribution in [2.45, 2.75) is 25.3 Å². The van der Waals surface area contributed by atoms with E-state index in [1.165, 1.54) is 5.01 Å². The smallest absolute Gasteiger partial charge is 0.303 e. The molecular formula is C21H17BrN4O3. The number of hydrogen-bond donors (Lipinski definition) is 1. The van der Waals surface area contributed by atoms with E-state index in [1.54, 1.807) is 12.4 Å². The fraction of sp³-hybridized carbons (Fsp3) is 0.190. The van der Waals surface area contributed by atoms with Crippen LogP contribution in [0.15, 0.2) is 64.4 Å². The Kier molecular flexibility index (Phi) is 5.35. The second kappa shape index (κ2) is 8.08. The lowest BCUT2D eigenvalue weighted by Crippen LogP contribution is -2.27. The van der Waals surface area contributed by atoms with E-state index in [2.05, 4.69) is 31.0 Å². The Bertz CT molecular complexity index is 1110. The molecule has 0 spiro atoms. The predicted molar refractivity (Wildman–Crippen MR) is 111 cm³/mol. The summed E-state index contributed by atoms with van der Waals surface area (Å²) in [5.74, 6) is -1.32. The van der Waals surface area contributed by atoms with Crippen LogP contribution in [0.25, 0.3) is 11.0 Å². The van der Waals surface area contributed by atoms with Gasteiger partial charge in [-0.05, 0) is 35.4 Å². The highest BCUT2D eigenvalue weighted by molar-refractivity contribution is 9.10. The summed E-state index contributed by atoms with van der Waals surface area (Å²) in [6.45, 7) is 0. The first-order valence-electron chi connectivity index (χ1n) is 9.09. The molecule has 3 aromatic rings. The first-order chi connectivity index (χ1) is 14.0. The van der Waals surface area contributed by atoms with Gasteiger partial charge in [-0.1, -0.05) is 34.1 Å². The monoisotopic (exact) mass is 452 g/mol. The van der Waals surface area contributed by atoms with Crippen molar-refractivity contribution in [1.29, 1.82) is 0 Å². The van der Waals surface area contributed by atoms with Crippen LogP contribution < -0.4 is 0 Å². The van der Waals surface area contributed by atoms with Gasteiger partial charge in [0.25, 0.3) is 0 Å². The molecule has 8 heteroatoms. The first-order valence-corrected chi connectivity index (χ1v) is 9.88. The van der Waals surface area contributed by atoms with E-state index < -0.39 is 5.97 Å². The predicted octanol–water partition coefficient (Wildman–Crippen LogP) is 3.93. The van der Waals surface area contributed by atoms with Crippen LogP contribution in [0.2, 0.25) is 0 Å². The van der Waals surface area contributed by atoms with Crippen molar-refractivity contribution < 1.29 is 14.7 Å². The lowest BCUT2D eigenvalue weighted by atomic mass is 9.98. The molecule has 1 aliphatic heterocycles. The lowest BCUT2D eigenvalue weighted by molar-refractivity contribution is -0.141. The number of halogens is 1. The number of benzene rings is 2. The van der Waals surface area contributed by atoms with Crippen molar-refractivity contribution in [2.24, 2.45) is 5.10 Å². The zero-order valence-electron chi connectivity index (χ0n) is 15.3. The van der Waals surface area contributed by atoms with Crippen LogP contribution in [0, 0.1) is 0 Å². The van der Waals surface area contributed by atoms with Gasteiger partial charge in [-0.15, -0.1) is 0 Å². The highest BCUT2D eigenvalue weighted by Crippen LogP contribution is 2.34. The van der Waals surface area contributed by atoms with E-state index in [-0.39, 0.29) is 24.8 Å². The number of hydrogen-bond acceptors (Lipinski definition) is 5. The van der Waals surface area contributed by atoms with Gasteiger partial charge in [0.15, 0.2) is 0 Å². The number of aliphatic carboxylic acids is 1. The summed E-state index contributed by atoms with van der Waals surface area (Å²) in [6.07, 6.45) is 3.46. The minimum atomic E-state index is -1.01. The normalized spacial score (nSPS) is 16.1.